The number of rotatable bonds is 13. The molecule has 1 fully saturated rings. The van der Waals surface area contributed by atoms with Gasteiger partial charge in [0.05, 0.1) is 29.5 Å². The average molecular weight is 638 g/mol. The van der Waals surface area contributed by atoms with Crippen molar-refractivity contribution in [3.8, 4) is 28.3 Å². The molecular weight excluding hydrogens is 602 g/mol. The highest BCUT2D eigenvalue weighted by Crippen LogP contribution is 2.34. The summed E-state index contributed by atoms with van der Waals surface area (Å²) in [5.74, 6) is -1.57. The lowest BCUT2D eigenvalue weighted by molar-refractivity contribution is -0.149. The molecule has 6 rings (SSSR count). The van der Waals surface area contributed by atoms with E-state index in [1.807, 2.05) is 47.0 Å². The molecule has 1 amide bonds. The van der Waals surface area contributed by atoms with Gasteiger partial charge >= 0.3 is 11.9 Å². The molecule has 13 heteroatoms. The van der Waals surface area contributed by atoms with Gasteiger partial charge in [0.2, 0.25) is 11.7 Å². The fraction of sp³-hybridized carbons (Fsp3) is 0.324. The molecule has 5 aromatic rings. The second kappa shape index (κ2) is 13.8. The van der Waals surface area contributed by atoms with Gasteiger partial charge in [-0.05, 0) is 59.2 Å². The van der Waals surface area contributed by atoms with E-state index in [9.17, 15) is 24.6 Å². The summed E-state index contributed by atoms with van der Waals surface area (Å²) >= 11 is 0. The van der Waals surface area contributed by atoms with Crippen molar-refractivity contribution in [3.63, 3.8) is 0 Å². The lowest BCUT2D eigenvalue weighted by Gasteiger charge is -2.28. The minimum absolute atomic E-state index is 0.0889. The number of benzene rings is 3. The van der Waals surface area contributed by atoms with E-state index in [2.05, 4.69) is 32.5 Å². The van der Waals surface area contributed by atoms with Gasteiger partial charge < -0.3 is 24.4 Å². The van der Waals surface area contributed by atoms with E-state index < -0.39 is 30.1 Å². The third kappa shape index (κ3) is 6.69. The van der Waals surface area contributed by atoms with Gasteiger partial charge in [-0.15, -0.1) is 10.2 Å². The van der Waals surface area contributed by atoms with Crippen LogP contribution >= 0.6 is 0 Å². The minimum Gasteiger partial charge on any atom is -0.488 e. The third-order valence-electron chi connectivity index (χ3n) is 8.59. The molecule has 3 atom stereocenters. The smallest absolute Gasteiger partial charge is 0.335 e. The summed E-state index contributed by atoms with van der Waals surface area (Å²) < 4.78 is 7.89. The summed E-state index contributed by atoms with van der Waals surface area (Å²) in [5, 5.41) is 33.8. The molecule has 1 saturated heterocycles. The van der Waals surface area contributed by atoms with Gasteiger partial charge in [-0.25, -0.2) is 14.6 Å². The zero-order chi connectivity index (χ0) is 32.9. The number of fused-ring (bicyclic) bond motifs is 1. The number of imidazole rings is 1. The number of aromatic nitrogens is 6. The first-order valence-corrected chi connectivity index (χ1v) is 15.7. The van der Waals surface area contributed by atoms with Crippen LogP contribution in [0.3, 0.4) is 0 Å². The van der Waals surface area contributed by atoms with E-state index in [4.69, 9.17) is 4.74 Å². The summed E-state index contributed by atoms with van der Waals surface area (Å²) in [6, 6.07) is 17.8. The van der Waals surface area contributed by atoms with Crippen LogP contribution in [0.1, 0.15) is 61.8 Å². The Labute approximate surface area is 270 Å². The van der Waals surface area contributed by atoms with Crippen molar-refractivity contribution in [1.82, 2.24) is 35.1 Å². The van der Waals surface area contributed by atoms with Crippen LogP contribution in [-0.4, -0.2) is 81.8 Å². The molecule has 2 aromatic heterocycles. The number of aromatic carboxylic acids is 1. The van der Waals surface area contributed by atoms with E-state index in [1.165, 1.54) is 29.2 Å². The Morgan fingerprint density at radius 3 is 2.49 bits per heavy atom. The van der Waals surface area contributed by atoms with Crippen LogP contribution < -0.4 is 4.74 Å². The molecule has 242 valence electrons. The quantitative estimate of drug-likeness (QED) is 0.145. The van der Waals surface area contributed by atoms with Gasteiger partial charge in [0.15, 0.2) is 0 Å². The summed E-state index contributed by atoms with van der Waals surface area (Å²) in [4.78, 5) is 44.0. The second-order valence-electron chi connectivity index (χ2n) is 11.7. The molecule has 13 nitrogen and oxygen atoms in total. The number of ether oxygens (including phenoxy) is 1. The van der Waals surface area contributed by atoms with Crippen LogP contribution in [0.2, 0.25) is 0 Å². The van der Waals surface area contributed by atoms with Crippen LogP contribution in [0.4, 0.5) is 0 Å². The standard InChI is InChI=1S/C34H35N7O6/c1-2-3-4-5-10-29(32(42)40-19-24(18-30(40)34(45)46)47-23-14-11-21(12-15-23)33(43)44)41-20-35-27-17-22(13-16-28(27)41)25-8-6-7-9-26(25)31-36-38-39-37-31/h6-9,11-17,20,24,29-30H,2-5,10,18-19H2,1H3,(H,43,44)(H,45,46)(H,36,37,38,39)/t24?,29?,30-/m0/s1. The Balaban J connectivity index is 1.28. The van der Waals surface area contributed by atoms with Gasteiger partial charge in [-0.1, -0.05) is 62.9 Å². The molecule has 0 bridgehead atoms. The first kappa shape index (κ1) is 31.4. The van der Waals surface area contributed by atoms with Crippen LogP contribution in [0.5, 0.6) is 5.75 Å². The number of H-pyrrole nitrogens is 1. The van der Waals surface area contributed by atoms with E-state index >= 15 is 0 Å². The number of nitrogens with one attached hydrogen (secondary N) is 1. The monoisotopic (exact) mass is 637 g/mol. The Kier molecular flexibility index (Phi) is 9.23. The Morgan fingerprint density at radius 1 is 1.00 bits per heavy atom. The highest BCUT2D eigenvalue weighted by atomic mass is 16.5. The molecule has 1 aliphatic rings. The average Bonchev–Trinajstić information content (AvgIpc) is 3.85. The molecule has 3 N–H and O–H groups in total. The third-order valence-corrected chi connectivity index (χ3v) is 8.59. The number of hydrogen-bond donors (Lipinski definition) is 3. The molecule has 0 aliphatic carbocycles. The molecule has 47 heavy (non-hydrogen) atoms. The van der Waals surface area contributed by atoms with Gasteiger partial charge in [-0.2, -0.15) is 5.21 Å². The number of aliphatic carboxylic acids is 1. The largest absolute Gasteiger partial charge is 0.488 e. The SMILES string of the molecule is CCCCCCC(C(=O)N1CC(Oc2ccc(C(=O)O)cc2)C[C@H]1C(=O)O)n1cnc2cc(-c3ccccc3-c3nn[nH]n3)ccc21. The maximum Gasteiger partial charge on any atom is 0.335 e. The van der Waals surface area contributed by atoms with Crippen molar-refractivity contribution in [3.05, 3.63) is 78.6 Å². The van der Waals surface area contributed by atoms with Crippen molar-refractivity contribution in [2.45, 2.75) is 63.6 Å². The van der Waals surface area contributed by atoms with Crippen molar-refractivity contribution in [2.75, 3.05) is 6.54 Å². The first-order valence-electron chi connectivity index (χ1n) is 15.7. The number of nitrogens with zero attached hydrogens (tertiary/aromatic N) is 6. The fourth-order valence-corrected chi connectivity index (χ4v) is 6.22. The molecule has 1 aliphatic heterocycles. The molecule has 0 radical (unpaired) electrons. The summed E-state index contributed by atoms with van der Waals surface area (Å²) in [6.45, 7) is 2.21. The van der Waals surface area contributed by atoms with Crippen LogP contribution in [0, 0.1) is 0 Å². The lowest BCUT2D eigenvalue weighted by atomic mass is 9.98. The molecule has 3 aromatic carbocycles. The van der Waals surface area contributed by atoms with Crippen molar-refractivity contribution in [2.24, 2.45) is 0 Å². The Morgan fingerprint density at radius 2 is 1.79 bits per heavy atom. The van der Waals surface area contributed by atoms with E-state index in [0.717, 1.165) is 47.9 Å². The highest BCUT2D eigenvalue weighted by Gasteiger charge is 2.43. The summed E-state index contributed by atoms with van der Waals surface area (Å²) in [7, 11) is 0. The van der Waals surface area contributed by atoms with Gasteiger partial charge in [0.1, 0.15) is 23.9 Å². The predicted molar refractivity (Wildman–Crippen MR) is 172 cm³/mol. The number of amides is 1. The predicted octanol–water partition coefficient (Wildman–Crippen LogP) is 5.23. The minimum atomic E-state index is -1.10. The molecule has 3 heterocycles. The molecule has 2 unspecified atom stereocenters. The zero-order valence-corrected chi connectivity index (χ0v) is 25.8. The van der Waals surface area contributed by atoms with Gasteiger partial charge in [0.25, 0.3) is 0 Å². The number of likely N-dealkylation sites (tertiary alicyclic amines) is 1. The lowest BCUT2D eigenvalue weighted by Crippen LogP contribution is -2.44. The number of carboxylic acid groups (broad SMARTS) is 2. The fourth-order valence-electron chi connectivity index (χ4n) is 6.22. The maximum absolute atomic E-state index is 14.3. The van der Waals surface area contributed by atoms with Crippen molar-refractivity contribution >= 4 is 28.9 Å². The van der Waals surface area contributed by atoms with Crippen LogP contribution in [0.25, 0.3) is 33.5 Å². The normalized spacial score (nSPS) is 16.7. The van der Waals surface area contributed by atoms with Crippen LogP contribution in [-0.2, 0) is 9.59 Å². The number of carbonyl (C=O) groups is 3. The van der Waals surface area contributed by atoms with Crippen molar-refractivity contribution in [1.29, 1.82) is 0 Å². The zero-order valence-electron chi connectivity index (χ0n) is 25.8. The molecule has 0 saturated carbocycles. The summed E-state index contributed by atoms with van der Waals surface area (Å²) in [6.07, 6.45) is 5.54. The van der Waals surface area contributed by atoms with E-state index in [1.54, 1.807) is 6.33 Å². The topological polar surface area (TPSA) is 176 Å². The van der Waals surface area contributed by atoms with Gasteiger partial charge in [0, 0.05) is 12.0 Å². The number of carboxylic acids is 2. The number of hydrogen-bond acceptors (Lipinski definition) is 8. The highest BCUT2D eigenvalue weighted by molar-refractivity contribution is 5.91. The number of unbranched alkanes of at least 4 members (excludes halogenated alkanes) is 3. The Bertz CT molecular complexity index is 1870. The Hall–Kier alpha value is -5.59. The maximum atomic E-state index is 14.3. The number of tetrazole rings is 1. The van der Waals surface area contributed by atoms with E-state index in [-0.39, 0.29) is 24.4 Å². The van der Waals surface area contributed by atoms with E-state index in [0.29, 0.717) is 23.5 Å². The summed E-state index contributed by atoms with van der Waals surface area (Å²) in [5.41, 5.74) is 4.19. The van der Waals surface area contributed by atoms with Crippen molar-refractivity contribution < 1.29 is 29.3 Å². The number of aromatic amines is 1. The van der Waals surface area contributed by atoms with Gasteiger partial charge in [-0.3, -0.25) is 4.79 Å². The van der Waals surface area contributed by atoms with Crippen LogP contribution in [0.15, 0.2) is 73.1 Å². The second-order valence-corrected chi connectivity index (χ2v) is 11.7. The first-order chi connectivity index (χ1) is 22.8. The molecule has 0 spiro atoms. The molecular formula is C34H35N7O6. The number of carbonyl (C=O) groups excluding carboxylic acids is 1.